The number of alkyl carbamates (subject to hydrolysis) is 1. The lowest BCUT2D eigenvalue weighted by Crippen LogP contribution is -2.43. The zero-order valence-electron chi connectivity index (χ0n) is 15.5. The summed E-state index contributed by atoms with van der Waals surface area (Å²) in [6, 6.07) is 14.9. The molecule has 3 aromatic rings. The second-order valence-corrected chi connectivity index (χ2v) is 6.81. The lowest BCUT2D eigenvalue weighted by Gasteiger charge is -2.17. The van der Waals surface area contributed by atoms with Crippen LogP contribution in [0.25, 0.3) is 11.1 Å². The van der Waals surface area contributed by atoms with E-state index in [1.807, 2.05) is 36.4 Å². The Hall–Kier alpha value is -3.74. The van der Waals surface area contributed by atoms with Gasteiger partial charge in [0.2, 0.25) is 0 Å². The van der Waals surface area contributed by atoms with E-state index in [1.165, 1.54) is 18.7 Å². The SMILES string of the molecule is O=C(N[C@H](Cc1cncnc1)C(=O)O)OCC1c2ccccc2-c2ccccc21. The van der Waals surface area contributed by atoms with E-state index < -0.39 is 18.1 Å². The van der Waals surface area contributed by atoms with Crippen LogP contribution in [0.4, 0.5) is 4.79 Å². The molecule has 1 amide bonds. The number of fused-ring (bicyclic) bond motifs is 3. The zero-order chi connectivity index (χ0) is 20.2. The van der Waals surface area contributed by atoms with Gasteiger partial charge in [-0.05, 0) is 27.8 Å². The van der Waals surface area contributed by atoms with E-state index in [-0.39, 0.29) is 18.9 Å². The highest BCUT2D eigenvalue weighted by Gasteiger charge is 2.29. The molecular formula is C22H19N3O4. The average Bonchev–Trinajstić information content (AvgIpc) is 3.06. The molecule has 4 rings (SSSR count). The number of hydrogen-bond donors (Lipinski definition) is 2. The number of amides is 1. The summed E-state index contributed by atoms with van der Waals surface area (Å²) in [5.74, 6) is -1.23. The van der Waals surface area contributed by atoms with Gasteiger partial charge in [-0.15, -0.1) is 0 Å². The molecule has 2 aromatic carbocycles. The molecule has 0 saturated carbocycles. The summed E-state index contributed by atoms with van der Waals surface area (Å²) in [6.45, 7) is 0.126. The number of nitrogens with zero attached hydrogens (tertiary/aromatic N) is 2. The van der Waals surface area contributed by atoms with Crippen molar-refractivity contribution in [1.82, 2.24) is 15.3 Å². The summed E-state index contributed by atoms with van der Waals surface area (Å²) in [5.41, 5.74) is 5.06. The van der Waals surface area contributed by atoms with E-state index in [0.29, 0.717) is 5.56 Å². The van der Waals surface area contributed by atoms with Crippen molar-refractivity contribution in [2.24, 2.45) is 0 Å². The monoisotopic (exact) mass is 389 g/mol. The van der Waals surface area contributed by atoms with Gasteiger partial charge in [-0.25, -0.2) is 19.6 Å². The first-order chi connectivity index (χ1) is 14.1. The third-order valence-electron chi connectivity index (χ3n) is 4.99. The number of ether oxygens (including phenoxy) is 1. The quantitative estimate of drug-likeness (QED) is 0.672. The van der Waals surface area contributed by atoms with Crippen molar-refractivity contribution in [3.05, 3.63) is 83.9 Å². The van der Waals surface area contributed by atoms with Gasteiger partial charge in [0.15, 0.2) is 0 Å². The molecule has 7 nitrogen and oxygen atoms in total. The average molecular weight is 389 g/mol. The predicted molar refractivity (Wildman–Crippen MR) is 105 cm³/mol. The van der Waals surface area contributed by atoms with Gasteiger partial charge in [0.25, 0.3) is 0 Å². The lowest BCUT2D eigenvalue weighted by molar-refractivity contribution is -0.139. The molecule has 1 heterocycles. The summed E-state index contributed by atoms with van der Waals surface area (Å²) in [7, 11) is 0. The zero-order valence-corrected chi connectivity index (χ0v) is 15.5. The Labute approximate surface area is 167 Å². The molecule has 1 atom stereocenters. The smallest absolute Gasteiger partial charge is 0.407 e. The Morgan fingerprint density at radius 3 is 2.17 bits per heavy atom. The maximum atomic E-state index is 12.3. The summed E-state index contributed by atoms with van der Waals surface area (Å²) in [4.78, 5) is 31.5. The maximum absolute atomic E-state index is 12.3. The second kappa shape index (κ2) is 8.10. The number of carboxylic acid groups (broad SMARTS) is 1. The molecule has 1 aromatic heterocycles. The predicted octanol–water partition coefficient (Wildman–Crippen LogP) is 3.01. The summed E-state index contributed by atoms with van der Waals surface area (Å²) in [6.07, 6.45) is 3.69. The number of benzene rings is 2. The Bertz CT molecular complexity index is 993. The molecule has 0 fully saturated rings. The van der Waals surface area contributed by atoms with Crippen molar-refractivity contribution in [3.63, 3.8) is 0 Å². The summed E-state index contributed by atoms with van der Waals surface area (Å²) < 4.78 is 5.41. The highest BCUT2D eigenvalue weighted by Crippen LogP contribution is 2.44. The Balaban J connectivity index is 1.43. The van der Waals surface area contributed by atoms with E-state index in [2.05, 4.69) is 27.4 Å². The minimum atomic E-state index is -1.15. The van der Waals surface area contributed by atoms with Crippen molar-refractivity contribution >= 4 is 12.1 Å². The van der Waals surface area contributed by atoms with Gasteiger partial charge in [-0.2, -0.15) is 0 Å². The topological polar surface area (TPSA) is 101 Å². The van der Waals surface area contributed by atoms with E-state index >= 15 is 0 Å². The standard InChI is InChI=1S/C22H19N3O4/c26-21(27)20(9-14-10-23-13-24-11-14)25-22(28)29-12-19-17-7-3-1-5-15(17)16-6-2-4-8-18(16)19/h1-8,10-11,13,19-20H,9,12H2,(H,25,28)(H,26,27)/t20-/m1/s1. The number of nitrogens with one attached hydrogen (secondary N) is 1. The van der Waals surface area contributed by atoms with Crippen LogP contribution in [0.1, 0.15) is 22.6 Å². The van der Waals surface area contributed by atoms with Crippen LogP contribution in [0, 0.1) is 0 Å². The third kappa shape index (κ3) is 3.94. The minimum Gasteiger partial charge on any atom is -0.480 e. The van der Waals surface area contributed by atoms with Crippen molar-refractivity contribution in [2.45, 2.75) is 18.4 Å². The van der Waals surface area contributed by atoms with Crippen LogP contribution < -0.4 is 5.32 Å². The first-order valence-electron chi connectivity index (χ1n) is 9.21. The molecule has 1 aliphatic carbocycles. The fraction of sp³-hybridized carbons (Fsp3) is 0.182. The van der Waals surface area contributed by atoms with Crippen molar-refractivity contribution < 1.29 is 19.4 Å². The number of aliphatic carboxylic acids is 1. The number of hydrogen-bond acceptors (Lipinski definition) is 5. The molecule has 29 heavy (non-hydrogen) atoms. The number of aromatic nitrogens is 2. The van der Waals surface area contributed by atoms with Gasteiger partial charge >= 0.3 is 12.1 Å². The maximum Gasteiger partial charge on any atom is 0.407 e. The minimum absolute atomic E-state index is 0.0698. The van der Waals surface area contributed by atoms with Gasteiger partial charge in [0, 0.05) is 24.7 Å². The molecule has 1 aliphatic rings. The largest absolute Gasteiger partial charge is 0.480 e. The number of carboxylic acids is 1. The first-order valence-corrected chi connectivity index (χ1v) is 9.21. The van der Waals surface area contributed by atoms with Crippen LogP contribution in [0.2, 0.25) is 0 Å². The normalized spacial score (nSPS) is 13.2. The molecule has 2 N–H and O–H groups in total. The highest BCUT2D eigenvalue weighted by atomic mass is 16.5. The summed E-state index contributed by atoms with van der Waals surface area (Å²) >= 11 is 0. The van der Waals surface area contributed by atoms with Gasteiger partial charge in [-0.3, -0.25) is 0 Å². The van der Waals surface area contributed by atoms with Crippen LogP contribution in [-0.2, 0) is 16.0 Å². The second-order valence-electron chi connectivity index (χ2n) is 6.81. The van der Waals surface area contributed by atoms with Gasteiger partial charge in [-0.1, -0.05) is 48.5 Å². The molecule has 0 unspecified atom stereocenters. The van der Waals surface area contributed by atoms with E-state index in [4.69, 9.17) is 4.74 Å². The molecule has 0 radical (unpaired) electrons. The molecular weight excluding hydrogens is 370 g/mol. The van der Waals surface area contributed by atoms with Crippen LogP contribution in [0.3, 0.4) is 0 Å². The van der Waals surface area contributed by atoms with Crippen molar-refractivity contribution in [3.8, 4) is 11.1 Å². The summed E-state index contributed by atoms with van der Waals surface area (Å²) in [5, 5.41) is 11.8. The van der Waals surface area contributed by atoms with E-state index in [1.54, 1.807) is 0 Å². The van der Waals surface area contributed by atoms with Crippen molar-refractivity contribution in [1.29, 1.82) is 0 Å². The number of carbonyl (C=O) groups is 2. The first kappa shape index (κ1) is 18.6. The van der Waals surface area contributed by atoms with Gasteiger partial charge in [0.05, 0.1) is 0 Å². The van der Waals surface area contributed by atoms with Crippen LogP contribution in [0.5, 0.6) is 0 Å². The molecule has 0 aliphatic heterocycles. The highest BCUT2D eigenvalue weighted by molar-refractivity contribution is 5.81. The van der Waals surface area contributed by atoms with Crippen LogP contribution in [0.15, 0.2) is 67.3 Å². The lowest BCUT2D eigenvalue weighted by atomic mass is 9.98. The fourth-order valence-electron chi connectivity index (χ4n) is 3.65. The van der Waals surface area contributed by atoms with Gasteiger partial charge in [0.1, 0.15) is 19.0 Å². The van der Waals surface area contributed by atoms with Crippen LogP contribution in [-0.4, -0.2) is 39.8 Å². The molecule has 0 saturated heterocycles. The van der Waals surface area contributed by atoms with E-state index in [9.17, 15) is 14.7 Å². The Morgan fingerprint density at radius 1 is 1.00 bits per heavy atom. The molecule has 0 bridgehead atoms. The Kier molecular flexibility index (Phi) is 5.20. The number of rotatable bonds is 6. The van der Waals surface area contributed by atoms with E-state index in [0.717, 1.165) is 22.3 Å². The van der Waals surface area contributed by atoms with Crippen LogP contribution >= 0.6 is 0 Å². The third-order valence-corrected chi connectivity index (χ3v) is 4.99. The molecule has 146 valence electrons. The molecule has 7 heteroatoms. The van der Waals surface area contributed by atoms with Crippen molar-refractivity contribution in [2.75, 3.05) is 6.61 Å². The molecule has 0 spiro atoms. The fourth-order valence-corrected chi connectivity index (χ4v) is 3.65. The van der Waals surface area contributed by atoms with Gasteiger partial charge < -0.3 is 15.2 Å². The Morgan fingerprint density at radius 2 is 1.59 bits per heavy atom. The number of carbonyl (C=O) groups excluding carboxylic acids is 1.